The van der Waals surface area contributed by atoms with E-state index in [0.717, 1.165) is 53.5 Å². The van der Waals surface area contributed by atoms with Crippen molar-refractivity contribution in [3.63, 3.8) is 0 Å². The number of hydrogen-bond donors (Lipinski definition) is 1. The van der Waals surface area contributed by atoms with Gasteiger partial charge in [-0.15, -0.1) is 0 Å². The summed E-state index contributed by atoms with van der Waals surface area (Å²) < 4.78 is 11.2. The molecule has 0 bridgehead atoms. The van der Waals surface area contributed by atoms with Gasteiger partial charge in [-0.2, -0.15) is 0 Å². The van der Waals surface area contributed by atoms with Gasteiger partial charge in [0.2, 0.25) is 5.91 Å². The van der Waals surface area contributed by atoms with E-state index < -0.39 is 0 Å². The Kier molecular flexibility index (Phi) is 5.06. The highest BCUT2D eigenvalue weighted by Crippen LogP contribution is 2.31. The van der Waals surface area contributed by atoms with Gasteiger partial charge >= 0.3 is 0 Å². The van der Waals surface area contributed by atoms with Crippen LogP contribution in [0.1, 0.15) is 47.9 Å². The molecule has 1 N–H and O–H groups in total. The van der Waals surface area contributed by atoms with Crippen molar-refractivity contribution < 1.29 is 14.3 Å². The van der Waals surface area contributed by atoms with E-state index in [-0.39, 0.29) is 11.9 Å². The summed E-state index contributed by atoms with van der Waals surface area (Å²) in [6, 6.07) is 6.01. The highest BCUT2D eigenvalue weighted by atomic mass is 16.6. The van der Waals surface area contributed by atoms with Crippen LogP contribution in [0.3, 0.4) is 0 Å². The van der Waals surface area contributed by atoms with E-state index in [2.05, 4.69) is 10.3 Å². The topological polar surface area (TPSA) is 76.6 Å². The zero-order valence-corrected chi connectivity index (χ0v) is 16.5. The molecule has 0 saturated carbocycles. The highest BCUT2D eigenvalue weighted by molar-refractivity contribution is 5.79. The molecule has 1 aromatic carbocycles. The van der Waals surface area contributed by atoms with E-state index in [1.165, 1.54) is 12.8 Å². The molecule has 2 aromatic rings. The van der Waals surface area contributed by atoms with Crippen LogP contribution in [-0.4, -0.2) is 47.1 Å². The molecule has 152 valence electrons. The van der Waals surface area contributed by atoms with E-state index in [1.807, 2.05) is 29.3 Å². The second-order valence-electron chi connectivity index (χ2n) is 7.92. The molecule has 0 radical (unpaired) electrons. The molecule has 1 saturated heterocycles. The van der Waals surface area contributed by atoms with Gasteiger partial charge in [-0.1, -0.05) is 12.5 Å². The first-order chi connectivity index (χ1) is 14.3. The molecule has 1 aromatic heterocycles. The minimum Gasteiger partial charge on any atom is -0.486 e. The van der Waals surface area contributed by atoms with E-state index in [4.69, 9.17) is 14.5 Å². The van der Waals surface area contributed by atoms with Gasteiger partial charge in [0.05, 0.1) is 18.2 Å². The third kappa shape index (κ3) is 3.92. The summed E-state index contributed by atoms with van der Waals surface area (Å²) >= 11 is 0. The molecule has 1 unspecified atom stereocenters. The molecule has 7 nitrogen and oxygen atoms in total. The fraction of sp³-hybridized carbons (Fsp3) is 0.500. The van der Waals surface area contributed by atoms with Gasteiger partial charge in [-0.25, -0.2) is 9.97 Å². The molecular formula is C22H26N4O3. The normalized spacial score (nSPS) is 20.8. The van der Waals surface area contributed by atoms with E-state index in [0.29, 0.717) is 32.7 Å². The van der Waals surface area contributed by atoms with Crippen molar-refractivity contribution in [2.45, 2.75) is 44.7 Å². The van der Waals surface area contributed by atoms with Gasteiger partial charge in [0.25, 0.3) is 0 Å². The summed E-state index contributed by atoms with van der Waals surface area (Å²) in [4.78, 5) is 24.2. The predicted molar refractivity (Wildman–Crippen MR) is 107 cm³/mol. The van der Waals surface area contributed by atoms with Crippen LogP contribution in [0.5, 0.6) is 11.5 Å². The van der Waals surface area contributed by atoms with Crippen molar-refractivity contribution in [2.75, 3.05) is 26.3 Å². The smallest absolute Gasteiger partial charge is 0.227 e. The molecular weight excluding hydrogens is 368 g/mol. The lowest BCUT2D eigenvalue weighted by Gasteiger charge is -2.29. The van der Waals surface area contributed by atoms with Crippen LogP contribution in [0.15, 0.2) is 24.4 Å². The fourth-order valence-electron chi connectivity index (χ4n) is 4.27. The Morgan fingerprint density at radius 1 is 1.21 bits per heavy atom. The Hall–Kier alpha value is -2.67. The molecule has 3 aliphatic heterocycles. The number of benzene rings is 1. The minimum atomic E-state index is 0.116. The Morgan fingerprint density at radius 2 is 2.10 bits per heavy atom. The van der Waals surface area contributed by atoms with E-state index in [1.54, 1.807) is 0 Å². The number of aromatic nitrogens is 2. The van der Waals surface area contributed by atoms with Crippen LogP contribution < -0.4 is 14.8 Å². The maximum Gasteiger partial charge on any atom is 0.227 e. The quantitative estimate of drug-likeness (QED) is 0.860. The Bertz CT molecular complexity index is 911. The highest BCUT2D eigenvalue weighted by Gasteiger charge is 2.25. The minimum absolute atomic E-state index is 0.116. The summed E-state index contributed by atoms with van der Waals surface area (Å²) in [6.07, 6.45) is 6.60. The van der Waals surface area contributed by atoms with Gasteiger partial charge in [0.15, 0.2) is 11.5 Å². The lowest BCUT2D eigenvalue weighted by atomic mass is 10.0. The Labute approximate surface area is 170 Å². The third-order valence-electron chi connectivity index (χ3n) is 5.89. The number of carbonyl (C=O) groups excluding carboxylic acids is 1. The zero-order valence-electron chi connectivity index (χ0n) is 16.5. The van der Waals surface area contributed by atoms with Crippen LogP contribution in [0.25, 0.3) is 0 Å². The monoisotopic (exact) mass is 394 g/mol. The van der Waals surface area contributed by atoms with E-state index >= 15 is 0 Å². The van der Waals surface area contributed by atoms with Gasteiger partial charge < -0.3 is 19.7 Å². The largest absolute Gasteiger partial charge is 0.486 e. The lowest BCUT2D eigenvalue weighted by Crippen LogP contribution is -2.38. The molecule has 0 spiro atoms. The number of nitrogens with one attached hydrogen (secondary N) is 1. The zero-order chi connectivity index (χ0) is 19.6. The second-order valence-corrected chi connectivity index (χ2v) is 7.92. The molecule has 1 atom stereocenters. The average molecular weight is 394 g/mol. The van der Waals surface area contributed by atoms with Crippen molar-refractivity contribution in [3.05, 3.63) is 47.0 Å². The van der Waals surface area contributed by atoms with Crippen molar-refractivity contribution in [3.8, 4) is 11.5 Å². The van der Waals surface area contributed by atoms with Crippen molar-refractivity contribution in [1.82, 2.24) is 20.2 Å². The predicted octanol–water partition coefficient (Wildman–Crippen LogP) is 2.19. The Morgan fingerprint density at radius 3 is 2.97 bits per heavy atom. The Balaban J connectivity index is 1.25. The number of fused-ring (bicyclic) bond motifs is 2. The van der Waals surface area contributed by atoms with Crippen molar-refractivity contribution >= 4 is 5.91 Å². The standard InChI is InChI=1S/C22H26N4O3/c27-21(12-15-4-5-19-20(11-15)29-10-9-28-19)26-8-6-17-16(14-26)13-24-22(25-17)18-3-1-2-7-23-18/h4-5,11,13,18,23H,1-3,6-10,12,14H2. The van der Waals surface area contributed by atoms with E-state index in [9.17, 15) is 4.79 Å². The van der Waals surface area contributed by atoms with Crippen LogP contribution in [0, 0.1) is 0 Å². The van der Waals surface area contributed by atoms with Crippen LogP contribution >= 0.6 is 0 Å². The summed E-state index contributed by atoms with van der Waals surface area (Å²) in [7, 11) is 0. The average Bonchev–Trinajstić information content (AvgIpc) is 2.79. The van der Waals surface area contributed by atoms with Gasteiger partial charge in [0, 0.05) is 31.3 Å². The molecule has 1 fully saturated rings. The van der Waals surface area contributed by atoms with Crippen LogP contribution in [0.4, 0.5) is 0 Å². The number of hydrogen-bond acceptors (Lipinski definition) is 6. The number of carbonyl (C=O) groups is 1. The number of nitrogens with zero attached hydrogens (tertiary/aromatic N) is 3. The summed E-state index contributed by atoms with van der Waals surface area (Å²) in [5.41, 5.74) is 3.09. The molecule has 7 heteroatoms. The first kappa shape index (κ1) is 18.4. The molecule has 5 rings (SSSR count). The molecule has 3 aliphatic rings. The number of amides is 1. The van der Waals surface area contributed by atoms with Crippen molar-refractivity contribution in [1.29, 1.82) is 0 Å². The maximum atomic E-state index is 12.9. The van der Waals surface area contributed by atoms with Gasteiger partial charge in [-0.3, -0.25) is 4.79 Å². The molecule has 1 amide bonds. The number of rotatable bonds is 3. The lowest BCUT2D eigenvalue weighted by molar-refractivity contribution is -0.131. The number of ether oxygens (including phenoxy) is 2. The van der Waals surface area contributed by atoms with Crippen molar-refractivity contribution in [2.24, 2.45) is 0 Å². The first-order valence-corrected chi connectivity index (χ1v) is 10.5. The summed E-state index contributed by atoms with van der Waals surface area (Å²) in [5.74, 6) is 2.49. The summed E-state index contributed by atoms with van der Waals surface area (Å²) in [6.45, 7) is 3.43. The SMILES string of the molecule is O=C(Cc1ccc2c(c1)OCCO2)N1CCc2nc(C3CCCCN3)ncc2C1. The van der Waals surface area contributed by atoms with Gasteiger partial charge in [-0.05, 0) is 37.1 Å². The second kappa shape index (κ2) is 7.99. The summed E-state index contributed by atoms with van der Waals surface area (Å²) in [5, 5.41) is 3.51. The van der Waals surface area contributed by atoms with Crippen LogP contribution in [0.2, 0.25) is 0 Å². The van der Waals surface area contributed by atoms with Crippen LogP contribution in [-0.2, 0) is 24.2 Å². The number of piperidine rings is 1. The third-order valence-corrected chi connectivity index (χ3v) is 5.89. The molecule has 29 heavy (non-hydrogen) atoms. The molecule has 4 heterocycles. The fourth-order valence-corrected chi connectivity index (χ4v) is 4.27. The van der Waals surface area contributed by atoms with Gasteiger partial charge in [0.1, 0.15) is 19.0 Å². The maximum absolute atomic E-state index is 12.9. The first-order valence-electron chi connectivity index (χ1n) is 10.5. The molecule has 0 aliphatic carbocycles.